The smallest absolute Gasteiger partial charge is 0.124 e. The largest absolute Gasteiger partial charge is 0.507 e. The van der Waals surface area contributed by atoms with E-state index in [1.165, 1.54) is 0 Å². The number of phenolic OH excluding ortho intramolecular Hbond substituents is 1. The van der Waals surface area contributed by atoms with Crippen LogP contribution in [0.15, 0.2) is 30.5 Å². The van der Waals surface area contributed by atoms with E-state index in [-0.39, 0.29) is 17.2 Å². The van der Waals surface area contributed by atoms with Gasteiger partial charge in [0, 0.05) is 17.6 Å². The van der Waals surface area contributed by atoms with Gasteiger partial charge in [-0.15, -0.1) is 0 Å². The van der Waals surface area contributed by atoms with E-state index in [0.29, 0.717) is 0 Å². The molecule has 3 N–H and O–H groups in total. The first-order valence-electron chi connectivity index (χ1n) is 5.73. The molecular formula is C14H18N2O. The molecule has 0 amide bonds. The Hall–Kier alpha value is -1.61. The van der Waals surface area contributed by atoms with Crippen LogP contribution in [-0.4, -0.2) is 10.1 Å². The van der Waals surface area contributed by atoms with E-state index < -0.39 is 0 Å². The number of benzene rings is 1. The maximum absolute atomic E-state index is 9.80. The van der Waals surface area contributed by atoms with Gasteiger partial charge in [-0.2, -0.15) is 0 Å². The van der Waals surface area contributed by atoms with Gasteiger partial charge in [0.25, 0.3) is 0 Å². The van der Waals surface area contributed by atoms with Crippen LogP contribution in [0, 0.1) is 5.41 Å². The molecule has 1 aromatic heterocycles. The lowest BCUT2D eigenvalue weighted by atomic mass is 9.82. The van der Waals surface area contributed by atoms with Crippen LogP contribution >= 0.6 is 0 Å². The Balaban J connectivity index is 2.67. The molecule has 1 aromatic carbocycles. The van der Waals surface area contributed by atoms with Crippen molar-refractivity contribution in [1.82, 2.24) is 4.98 Å². The second kappa shape index (κ2) is 4.00. The molecule has 0 bridgehead atoms. The molecule has 3 heteroatoms. The number of hydrogen-bond donors (Lipinski definition) is 2. The predicted octanol–water partition coefficient (Wildman–Crippen LogP) is 2.99. The Morgan fingerprint density at radius 3 is 2.59 bits per heavy atom. The lowest BCUT2D eigenvalue weighted by Gasteiger charge is -2.28. The summed E-state index contributed by atoms with van der Waals surface area (Å²) in [6, 6.07) is 7.11. The van der Waals surface area contributed by atoms with Crippen LogP contribution in [0.5, 0.6) is 5.75 Å². The van der Waals surface area contributed by atoms with Gasteiger partial charge in [0.15, 0.2) is 0 Å². The van der Waals surface area contributed by atoms with Crippen LogP contribution in [0.3, 0.4) is 0 Å². The van der Waals surface area contributed by atoms with Gasteiger partial charge in [0.05, 0.1) is 5.52 Å². The van der Waals surface area contributed by atoms with Gasteiger partial charge in [-0.05, 0) is 29.2 Å². The molecule has 0 radical (unpaired) electrons. The number of nitrogens with two attached hydrogens (primary N) is 1. The molecule has 0 aliphatic heterocycles. The Morgan fingerprint density at radius 2 is 1.94 bits per heavy atom. The number of aromatic hydroxyl groups is 1. The van der Waals surface area contributed by atoms with Gasteiger partial charge >= 0.3 is 0 Å². The molecule has 0 fully saturated rings. The third kappa shape index (κ3) is 2.11. The lowest BCUT2D eigenvalue weighted by molar-refractivity contribution is 0.328. The summed E-state index contributed by atoms with van der Waals surface area (Å²) < 4.78 is 0. The normalized spacial score (nSPS) is 13.9. The van der Waals surface area contributed by atoms with Crippen LogP contribution < -0.4 is 5.73 Å². The highest BCUT2D eigenvalue weighted by Gasteiger charge is 2.24. The standard InChI is InChI=1S/C14H18N2O/c1-14(2,3)13(15)10-6-7-11(17)9-5-4-8-16-12(9)10/h4-8,13,17H,15H2,1-3H3. The van der Waals surface area contributed by atoms with Crippen LogP contribution in [0.25, 0.3) is 10.9 Å². The van der Waals surface area contributed by atoms with Gasteiger partial charge in [-0.25, -0.2) is 0 Å². The molecule has 0 saturated carbocycles. The summed E-state index contributed by atoms with van der Waals surface area (Å²) >= 11 is 0. The predicted molar refractivity (Wildman–Crippen MR) is 69.8 cm³/mol. The fourth-order valence-corrected chi connectivity index (χ4v) is 1.90. The van der Waals surface area contributed by atoms with Crippen molar-refractivity contribution in [1.29, 1.82) is 0 Å². The molecule has 3 nitrogen and oxygen atoms in total. The van der Waals surface area contributed by atoms with Gasteiger partial charge in [0.1, 0.15) is 5.75 Å². The quantitative estimate of drug-likeness (QED) is 0.791. The molecular weight excluding hydrogens is 212 g/mol. The van der Waals surface area contributed by atoms with Crippen molar-refractivity contribution in [3.63, 3.8) is 0 Å². The van der Waals surface area contributed by atoms with Crippen LogP contribution in [0.4, 0.5) is 0 Å². The van der Waals surface area contributed by atoms with E-state index in [1.807, 2.05) is 18.2 Å². The zero-order valence-electron chi connectivity index (χ0n) is 10.4. The summed E-state index contributed by atoms with van der Waals surface area (Å²) in [5, 5.41) is 10.6. The molecule has 2 rings (SSSR count). The highest BCUT2D eigenvalue weighted by Crippen LogP contribution is 2.36. The maximum atomic E-state index is 9.80. The van der Waals surface area contributed by atoms with Crippen molar-refractivity contribution in [2.24, 2.45) is 11.1 Å². The molecule has 1 heterocycles. The second-order valence-electron chi connectivity index (χ2n) is 5.42. The Labute approximate surface area is 101 Å². The fourth-order valence-electron chi connectivity index (χ4n) is 1.90. The first-order chi connectivity index (χ1) is 7.91. The topological polar surface area (TPSA) is 59.1 Å². The highest BCUT2D eigenvalue weighted by atomic mass is 16.3. The number of hydrogen-bond acceptors (Lipinski definition) is 3. The summed E-state index contributed by atoms with van der Waals surface area (Å²) in [6.07, 6.45) is 1.72. The van der Waals surface area contributed by atoms with Crippen molar-refractivity contribution in [3.8, 4) is 5.75 Å². The highest BCUT2D eigenvalue weighted by molar-refractivity contribution is 5.87. The van der Waals surface area contributed by atoms with Gasteiger partial charge < -0.3 is 10.8 Å². The SMILES string of the molecule is CC(C)(C)C(N)c1ccc(O)c2cccnc12. The van der Waals surface area contributed by atoms with Crippen molar-refractivity contribution in [2.45, 2.75) is 26.8 Å². The summed E-state index contributed by atoms with van der Waals surface area (Å²) in [4.78, 5) is 4.34. The molecule has 17 heavy (non-hydrogen) atoms. The average Bonchev–Trinajstić information content (AvgIpc) is 2.28. The number of pyridine rings is 1. The minimum Gasteiger partial charge on any atom is -0.507 e. The van der Waals surface area contributed by atoms with Crippen LogP contribution in [0.1, 0.15) is 32.4 Å². The lowest BCUT2D eigenvalue weighted by Crippen LogP contribution is -2.26. The number of rotatable bonds is 1. The molecule has 2 aromatic rings. The van der Waals surface area contributed by atoms with E-state index in [4.69, 9.17) is 5.73 Å². The molecule has 0 spiro atoms. The average molecular weight is 230 g/mol. The van der Waals surface area contributed by atoms with Crippen molar-refractivity contribution in [3.05, 3.63) is 36.0 Å². The second-order valence-corrected chi connectivity index (χ2v) is 5.42. The first kappa shape index (κ1) is 11.9. The minimum atomic E-state index is -0.111. The summed E-state index contributed by atoms with van der Waals surface area (Å²) in [6.45, 7) is 6.29. The number of fused-ring (bicyclic) bond motifs is 1. The van der Waals surface area contributed by atoms with E-state index in [0.717, 1.165) is 16.5 Å². The number of aromatic nitrogens is 1. The van der Waals surface area contributed by atoms with Gasteiger partial charge in [0.2, 0.25) is 0 Å². The van der Waals surface area contributed by atoms with E-state index in [2.05, 4.69) is 25.8 Å². The van der Waals surface area contributed by atoms with E-state index in [1.54, 1.807) is 12.3 Å². The zero-order chi connectivity index (χ0) is 12.6. The van der Waals surface area contributed by atoms with Crippen molar-refractivity contribution >= 4 is 10.9 Å². The molecule has 0 aliphatic rings. The van der Waals surface area contributed by atoms with E-state index >= 15 is 0 Å². The van der Waals surface area contributed by atoms with E-state index in [9.17, 15) is 5.11 Å². The molecule has 0 saturated heterocycles. The van der Waals surface area contributed by atoms with Crippen molar-refractivity contribution in [2.75, 3.05) is 0 Å². The fraction of sp³-hybridized carbons (Fsp3) is 0.357. The third-order valence-corrected chi connectivity index (χ3v) is 3.05. The van der Waals surface area contributed by atoms with Gasteiger partial charge in [-0.3, -0.25) is 4.98 Å². The molecule has 1 unspecified atom stereocenters. The summed E-state index contributed by atoms with van der Waals surface area (Å²) in [5.74, 6) is 0.248. The monoisotopic (exact) mass is 230 g/mol. The Kier molecular flexibility index (Phi) is 2.79. The summed E-state index contributed by atoms with van der Waals surface area (Å²) in [5.41, 5.74) is 7.99. The first-order valence-corrected chi connectivity index (χ1v) is 5.73. The van der Waals surface area contributed by atoms with Crippen LogP contribution in [0.2, 0.25) is 0 Å². The zero-order valence-corrected chi connectivity index (χ0v) is 10.4. The van der Waals surface area contributed by atoms with Crippen molar-refractivity contribution < 1.29 is 5.11 Å². The molecule has 90 valence electrons. The van der Waals surface area contributed by atoms with Crippen LogP contribution in [-0.2, 0) is 0 Å². The minimum absolute atomic E-state index is 0.0403. The van der Waals surface area contributed by atoms with Gasteiger partial charge in [-0.1, -0.05) is 26.8 Å². The number of nitrogens with zero attached hydrogens (tertiary/aromatic N) is 1. The summed E-state index contributed by atoms with van der Waals surface area (Å²) in [7, 11) is 0. The Bertz CT molecular complexity index is 543. The molecule has 1 atom stereocenters. The number of phenols is 1. The third-order valence-electron chi connectivity index (χ3n) is 3.05. The molecule has 0 aliphatic carbocycles. The Morgan fingerprint density at radius 1 is 1.24 bits per heavy atom. The maximum Gasteiger partial charge on any atom is 0.124 e.